The maximum Gasteiger partial charge on any atom is 0.272 e. The van der Waals surface area contributed by atoms with Gasteiger partial charge in [-0.25, -0.2) is 0 Å². The van der Waals surface area contributed by atoms with Gasteiger partial charge in [-0.15, -0.1) is 0 Å². The number of nitrogens with zero attached hydrogens (tertiary/aromatic N) is 3. The maximum absolute atomic E-state index is 14.2. The van der Waals surface area contributed by atoms with Gasteiger partial charge < -0.3 is 29.2 Å². The Kier molecular flexibility index (Phi) is 11.4. The highest BCUT2D eigenvalue weighted by molar-refractivity contribution is 6.39. The summed E-state index contributed by atoms with van der Waals surface area (Å²) in [5, 5.41) is 4.85. The average Bonchev–Trinajstić information content (AvgIpc) is 3.17. The van der Waals surface area contributed by atoms with E-state index in [1.54, 1.807) is 7.11 Å². The van der Waals surface area contributed by atoms with Gasteiger partial charge in [0.05, 0.1) is 10.5 Å². The average molecular weight is 521 g/mol. The van der Waals surface area contributed by atoms with Gasteiger partial charge in [0.25, 0.3) is 5.91 Å². The molecule has 1 aliphatic heterocycles. The van der Waals surface area contributed by atoms with E-state index in [2.05, 4.69) is 42.5 Å². The van der Waals surface area contributed by atoms with Gasteiger partial charge in [0.1, 0.15) is 18.1 Å². The fraction of sp³-hybridized carbons (Fsp3) is 0.679. The second kappa shape index (κ2) is 14.2. The van der Waals surface area contributed by atoms with Crippen LogP contribution in [0.15, 0.2) is 18.2 Å². The molecule has 1 aromatic carbocycles. The van der Waals surface area contributed by atoms with Crippen LogP contribution in [0.3, 0.4) is 0 Å². The predicted octanol–water partition coefficient (Wildman–Crippen LogP) is 5.04. The van der Waals surface area contributed by atoms with E-state index in [0.717, 1.165) is 75.1 Å². The smallest absolute Gasteiger partial charge is 0.272 e. The molecule has 8 heteroatoms. The van der Waals surface area contributed by atoms with Crippen LogP contribution >= 0.6 is 11.6 Å². The molecule has 0 radical (unpaired) electrons. The van der Waals surface area contributed by atoms with Gasteiger partial charge in [0.15, 0.2) is 0 Å². The first-order chi connectivity index (χ1) is 17.4. The second-order valence-electron chi connectivity index (χ2n) is 9.85. The van der Waals surface area contributed by atoms with Crippen molar-refractivity contribution in [3.8, 4) is 5.75 Å². The standard InChI is InChI=1S/C28H45ClN4O3/c1-6-31(7-2)17-19-36-24-14-10-13-23-25(29)27(32(26(23)24)16-8-9-18-35-5)28(34)33(21(3)4)22-12-11-15-30-20-22/h10,13-14,21-22,30H,6-9,11-12,15-20H2,1-5H3/t22-/m1/s1. The third-order valence-electron chi connectivity index (χ3n) is 7.18. The molecular weight excluding hydrogens is 476 g/mol. The summed E-state index contributed by atoms with van der Waals surface area (Å²) in [5.74, 6) is 0.781. The molecule has 0 unspecified atom stereocenters. The van der Waals surface area contributed by atoms with Gasteiger partial charge in [0.2, 0.25) is 0 Å². The summed E-state index contributed by atoms with van der Waals surface area (Å²) in [6.07, 6.45) is 3.86. The number of piperidine rings is 1. The number of benzene rings is 1. The van der Waals surface area contributed by atoms with E-state index in [1.165, 1.54) is 0 Å². The molecule has 1 aliphatic rings. The summed E-state index contributed by atoms with van der Waals surface area (Å²) in [5.41, 5.74) is 1.48. The van der Waals surface area contributed by atoms with E-state index >= 15 is 0 Å². The number of halogens is 1. The van der Waals surface area contributed by atoms with Gasteiger partial charge >= 0.3 is 0 Å². The number of hydrogen-bond donors (Lipinski definition) is 1. The van der Waals surface area contributed by atoms with Crippen LogP contribution < -0.4 is 10.1 Å². The van der Waals surface area contributed by atoms with E-state index in [9.17, 15) is 4.79 Å². The normalized spacial score (nSPS) is 16.3. The van der Waals surface area contributed by atoms with Crippen LogP contribution in [0.2, 0.25) is 5.02 Å². The molecule has 0 bridgehead atoms. The van der Waals surface area contributed by atoms with Crippen molar-refractivity contribution < 1.29 is 14.3 Å². The molecule has 0 saturated carbocycles. The summed E-state index contributed by atoms with van der Waals surface area (Å²) in [7, 11) is 1.72. The number of para-hydroxylation sites is 1. The van der Waals surface area contributed by atoms with Gasteiger partial charge in [0, 0.05) is 50.8 Å². The number of methoxy groups -OCH3 is 1. The summed E-state index contributed by atoms with van der Waals surface area (Å²) < 4.78 is 13.7. The number of fused-ring (bicyclic) bond motifs is 1. The van der Waals surface area contributed by atoms with Crippen LogP contribution in [0.5, 0.6) is 5.75 Å². The van der Waals surface area contributed by atoms with Crippen molar-refractivity contribution in [2.75, 3.05) is 53.0 Å². The monoisotopic (exact) mass is 520 g/mol. The van der Waals surface area contributed by atoms with Crippen molar-refractivity contribution in [3.05, 3.63) is 28.9 Å². The van der Waals surface area contributed by atoms with Crippen LogP contribution in [-0.2, 0) is 11.3 Å². The number of carbonyl (C=O) groups is 1. The molecule has 1 amide bonds. The maximum atomic E-state index is 14.2. The highest BCUT2D eigenvalue weighted by Crippen LogP contribution is 2.38. The van der Waals surface area contributed by atoms with E-state index in [1.807, 2.05) is 23.1 Å². The first-order valence-electron chi connectivity index (χ1n) is 13.6. The largest absolute Gasteiger partial charge is 0.490 e. The summed E-state index contributed by atoms with van der Waals surface area (Å²) >= 11 is 7.01. The molecule has 7 nitrogen and oxygen atoms in total. The first-order valence-corrected chi connectivity index (χ1v) is 14.0. The van der Waals surface area contributed by atoms with Crippen molar-refractivity contribution in [2.24, 2.45) is 0 Å². The van der Waals surface area contributed by atoms with Crippen LogP contribution in [0.25, 0.3) is 10.9 Å². The highest BCUT2D eigenvalue weighted by atomic mass is 35.5. The minimum absolute atomic E-state index is 0.000678. The van der Waals surface area contributed by atoms with Gasteiger partial charge in [-0.05, 0) is 65.2 Å². The number of aryl methyl sites for hydroxylation is 1. The van der Waals surface area contributed by atoms with E-state index in [4.69, 9.17) is 21.1 Å². The molecule has 1 saturated heterocycles. The molecule has 36 heavy (non-hydrogen) atoms. The molecule has 1 fully saturated rings. The van der Waals surface area contributed by atoms with Crippen LogP contribution in [0.1, 0.15) is 63.9 Å². The minimum atomic E-state index is 0.000678. The zero-order valence-corrected chi connectivity index (χ0v) is 23.6. The Morgan fingerprint density at radius 3 is 2.64 bits per heavy atom. The second-order valence-corrected chi connectivity index (χ2v) is 10.2. The van der Waals surface area contributed by atoms with Crippen molar-refractivity contribution in [2.45, 2.75) is 72.0 Å². The summed E-state index contributed by atoms with van der Waals surface area (Å²) in [6, 6.07) is 6.19. The highest BCUT2D eigenvalue weighted by Gasteiger charge is 2.33. The summed E-state index contributed by atoms with van der Waals surface area (Å²) in [4.78, 5) is 18.6. The minimum Gasteiger partial charge on any atom is -0.490 e. The number of likely N-dealkylation sites (N-methyl/N-ethyl adjacent to an activating group) is 1. The third-order valence-corrected chi connectivity index (χ3v) is 7.56. The molecule has 1 atom stereocenters. The molecule has 3 rings (SSSR count). The van der Waals surface area contributed by atoms with E-state index in [-0.39, 0.29) is 18.0 Å². The Morgan fingerprint density at radius 1 is 1.22 bits per heavy atom. The molecule has 2 heterocycles. The molecule has 202 valence electrons. The number of unbranched alkanes of at least 4 members (excludes halogenated alkanes) is 1. The van der Waals surface area contributed by atoms with Gasteiger partial charge in [-0.1, -0.05) is 37.6 Å². The number of carbonyl (C=O) groups excluding carboxylic acids is 1. The van der Waals surface area contributed by atoms with Crippen molar-refractivity contribution in [1.29, 1.82) is 0 Å². The first kappa shape index (κ1) is 28.8. The van der Waals surface area contributed by atoms with Crippen molar-refractivity contribution >= 4 is 28.4 Å². The fourth-order valence-electron chi connectivity index (χ4n) is 5.24. The Morgan fingerprint density at radius 2 is 2.00 bits per heavy atom. The van der Waals surface area contributed by atoms with Crippen LogP contribution in [-0.4, -0.2) is 85.4 Å². The predicted molar refractivity (Wildman–Crippen MR) is 149 cm³/mol. The topological polar surface area (TPSA) is 59.0 Å². The molecule has 0 aliphatic carbocycles. The quantitative estimate of drug-likeness (QED) is 0.353. The van der Waals surface area contributed by atoms with Crippen LogP contribution in [0, 0.1) is 0 Å². The molecule has 1 aromatic heterocycles. The summed E-state index contributed by atoms with van der Waals surface area (Å²) in [6.45, 7) is 15.1. The molecule has 1 N–H and O–H groups in total. The molecule has 0 spiro atoms. The number of aromatic nitrogens is 1. The van der Waals surface area contributed by atoms with Gasteiger partial charge in [-0.2, -0.15) is 0 Å². The van der Waals surface area contributed by atoms with Crippen LogP contribution in [0.4, 0.5) is 0 Å². The van der Waals surface area contributed by atoms with Crippen molar-refractivity contribution in [1.82, 2.24) is 19.7 Å². The molecular formula is C28H45ClN4O3. The third kappa shape index (κ3) is 6.74. The zero-order valence-electron chi connectivity index (χ0n) is 22.8. The lowest BCUT2D eigenvalue weighted by atomic mass is 10.0. The van der Waals surface area contributed by atoms with E-state index < -0.39 is 0 Å². The number of rotatable bonds is 14. The Balaban J connectivity index is 2.02. The Bertz CT molecular complexity index is 967. The molecule has 2 aromatic rings. The lowest BCUT2D eigenvalue weighted by molar-refractivity contribution is 0.0562. The lowest BCUT2D eigenvalue weighted by Crippen LogP contribution is -2.52. The SMILES string of the molecule is CCN(CC)CCOc1cccc2c(Cl)c(C(=O)N(C(C)C)[C@@H]3CCCNC3)n(CCCCOC)c12. The number of nitrogens with one attached hydrogen (secondary N) is 1. The fourth-order valence-corrected chi connectivity index (χ4v) is 5.58. The zero-order chi connectivity index (χ0) is 26.1. The van der Waals surface area contributed by atoms with E-state index in [0.29, 0.717) is 30.5 Å². The Labute approximate surface area is 222 Å². The number of amides is 1. The Hall–Kier alpha value is -1.80. The lowest BCUT2D eigenvalue weighted by Gasteiger charge is -2.38. The number of ether oxygens (including phenoxy) is 2. The van der Waals surface area contributed by atoms with Gasteiger partial charge in [-0.3, -0.25) is 4.79 Å². The number of hydrogen-bond acceptors (Lipinski definition) is 5. The van der Waals surface area contributed by atoms with Crippen molar-refractivity contribution in [3.63, 3.8) is 0 Å².